The lowest BCUT2D eigenvalue weighted by molar-refractivity contribution is 0.551. The van der Waals surface area contributed by atoms with E-state index in [-0.39, 0.29) is 10.9 Å². The van der Waals surface area contributed by atoms with Crippen LogP contribution in [0.15, 0.2) is 59.5 Å². The summed E-state index contributed by atoms with van der Waals surface area (Å²) in [5.74, 6) is 0.364. The van der Waals surface area contributed by atoms with Crippen LogP contribution in [0.25, 0.3) is 0 Å². The fourth-order valence-electron chi connectivity index (χ4n) is 1.96. The molecule has 0 saturated carbocycles. The minimum absolute atomic E-state index is 0.183. The molecule has 2 aromatic rings. The van der Waals surface area contributed by atoms with Crippen LogP contribution in [0.2, 0.25) is 5.02 Å². The van der Waals surface area contributed by atoms with Gasteiger partial charge in [0.25, 0.3) is 0 Å². The Morgan fingerprint density at radius 1 is 1.00 bits per heavy atom. The summed E-state index contributed by atoms with van der Waals surface area (Å²) in [4.78, 5) is 0.183. The van der Waals surface area contributed by atoms with Crippen LogP contribution in [0, 0.1) is 0 Å². The van der Waals surface area contributed by atoms with Crippen molar-refractivity contribution in [3.05, 3.63) is 65.2 Å². The predicted molar refractivity (Wildman–Crippen MR) is 86.3 cm³/mol. The molecule has 0 fully saturated rings. The molecule has 0 aliphatic rings. The molecule has 0 amide bonds. The Balaban J connectivity index is 2.25. The van der Waals surface area contributed by atoms with Crippen LogP contribution in [0.1, 0.15) is 18.0 Å². The molecule has 0 unspecified atom stereocenters. The van der Waals surface area contributed by atoms with Gasteiger partial charge in [-0.1, -0.05) is 41.9 Å². The molecule has 0 aliphatic carbocycles. The van der Waals surface area contributed by atoms with E-state index in [0.29, 0.717) is 17.3 Å². The topological polar surface area (TPSA) is 46.2 Å². The van der Waals surface area contributed by atoms with Crippen molar-refractivity contribution in [2.75, 3.05) is 5.88 Å². The second-order valence-electron chi connectivity index (χ2n) is 4.52. The molecule has 6 heteroatoms. The summed E-state index contributed by atoms with van der Waals surface area (Å²) < 4.78 is 27.5. The first-order chi connectivity index (χ1) is 10.0. The van der Waals surface area contributed by atoms with E-state index in [1.807, 2.05) is 30.3 Å². The number of nitrogens with one attached hydrogen (secondary N) is 1. The van der Waals surface area contributed by atoms with Gasteiger partial charge in [0.2, 0.25) is 10.0 Å². The third kappa shape index (κ3) is 4.45. The third-order valence-corrected chi connectivity index (χ3v) is 4.98. The fraction of sp³-hybridized carbons (Fsp3) is 0.200. The molecule has 2 aromatic carbocycles. The molecule has 112 valence electrons. The highest BCUT2D eigenvalue weighted by molar-refractivity contribution is 7.89. The first-order valence-corrected chi connectivity index (χ1v) is 8.81. The van der Waals surface area contributed by atoms with Gasteiger partial charge >= 0.3 is 0 Å². The molecular formula is C15H15Cl2NO2S. The summed E-state index contributed by atoms with van der Waals surface area (Å²) >= 11 is 11.6. The van der Waals surface area contributed by atoms with Crippen molar-refractivity contribution < 1.29 is 8.42 Å². The zero-order valence-corrected chi connectivity index (χ0v) is 13.5. The lowest BCUT2D eigenvalue weighted by atomic mass is 10.1. The van der Waals surface area contributed by atoms with E-state index < -0.39 is 10.0 Å². The minimum atomic E-state index is -3.61. The normalized spacial score (nSPS) is 13.0. The van der Waals surface area contributed by atoms with Crippen molar-refractivity contribution in [2.45, 2.75) is 17.4 Å². The van der Waals surface area contributed by atoms with Gasteiger partial charge < -0.3 is 0 Å². The molecule has 1 atom stereocenters. The molecule has 0 aromatic heterocycles. The minimum Gasteiger partial charge on any atom is -0.207 e. The maximum atomic E-state index is 12.4. The van der Waals surface area contributed by atoms with Gasteiger partial charge in [-0.05, 0) is 36.2 Å². The third-order valence-electron chi connectivity index (χ3n) is 3.02. The first-order valence-electron chi connectivity index (χ1n) is 6.42. The highest BCUT2D eigenvalue weighted by atomic mass is 35.5. The summed E-state index contributed by atoms with van der Waals surface area (Å²) in [6.45, 7) is 0. The number of hydrogen-bond donors (Lipinski definition) is 1. The van der Waals surface area contributed by atoms with E-state index in [4.69, 9.17) is 23.2 Å². The Labute approximate surface area is 135 Å². The van der Waals surface area contributed by atoms with E-state index in [1.165, 1.54) is 12.1 Å². The lowest BCUT2D eigenvalue weighted by Gasteiger charge is -2.18. The van der Waals surface area contributed by atoms with Gasteiger partial charge in [0.05, 0.1) is 4.90 Å². The van der Waals surface area contributed by atoms with Gasteiger partial charge in [0.1, 0.15) is 0 Å². The molecule has 0 bridgehead atoms. The first kappa shape index (κ1) is 16.3. The second kappa shape index (κ2) is 7.27. The van der Waals surface area contributed by atoms with Crippen LogP contribution in [0.3, 0.4) is 0 Å². The van der Waals surface area contributed by atoms with Crippen molar-refractivity contribution in [1.82, 2.24) is 4.72 Å². The van der Waals surface area contributed by atoms with Gasteiger partial charge in [-0.25, -0.2) is 13.1 Å². The molecule has 0 spiro atoms. The van der Waals surface area contributed by atoms with Gasteiger partial charge in [-0.3, -0.25) is 0 Å². The van der Waals surface area contributed by atoms with Gasteiger partial charge in [-0.2, -0.15) is 0 Å². The van der Waals surface area contributed by atoms with Crippen LogP contribution >= 0.6 is 23.2 Å². The van der Waals surface area contributed by atoms with E-state index >= 15 is 0 Å². The van der Waals surface area contributed by atoms with Crippen molar-refractivity contribution in [3.63, 3.8) is 0 Å². The molecule has 2 rings (SSSR count). The van der Waals surface area contributed by atoms with Crippen LogP contribution in [-0.4, -0.2) is 14.3 Å². The lowest BCUT2D eigenvalue weighted by Crippen LogP contribution is -2.29. The summed E-state index contributed by atoms with van der Waals surface area (Å²) in [5, 5.41) is 0.495. The van der Waals surface area contributed by atoms with Crippen molar-refractivity contribution in [2.24, 2.45) is 0 Å². The highest BCUT2D eigenvalue weighted by Crippen LogP contribution is 2.21. The number of benzene rings is 2. The summed E-state index contributed by atoms with van der Waals surface area (Å²) in [7, 11) is -3.61. The number of rotatable bonds is 6. The molecule has 3 nitrogen and oxygen atoms in total. The van der Waals surface area contributed by atoms with Crippen LogP contribution in [-0.2, 0) is 10.0 Å². The largest absolute Gasteiger partial charge is 0.241 e. The maximum Gasteiger partial charge on any atom is 0.241 e. The zero-order valence-electron chi connectivity index (χ0n) is 11.2. The fourth-order valence-corrected chi connectivity index (χ4v) is 3.56. The van der Waals surface area contributed by atoms with Gasteiger partial charge in [-0.15, -0.1) is 11.6 Å². The van der Waals surface area contributed by atoms with Gasteiger partial charge in [0.15, 0.2) is 0 Å². The summed E-state index contributed by atoms with van der Waals surface area (Å²) in [6, 6.07) is 15.1. The van der Waals surface area contributed by atoms with Crippen molar-refractivity contribution in [3.8, 4) is 0 Å². The summed E-state index contributed by atoms with van der Waals surface area (Å²) in [6.07, 6.45) is 0.512. The molecule has 0 aliphatic heterocycles. The Morgan fingerprint density at radius 3 is 2.19 bits per heavy atom. The molecule has 0 saturated heterocycles. The smallest absolute Gasteiger partial charge is 0.207 e. The maximum absolute atomic E-state index is 12.4. The second-order valence-corrected chi connectivity index (χ2v) is 7.04. The molecule has 21 heavy (non-hydrogen) atoms. The van der Waals surface area contributed by atoms with E-state index in [2.05, 4.69) is 4.72 Å². The van der Waals surface area contributed by atoms with Crippen LogP contribution in [0.4, 0.5) is 0 Å². The molecule has 0 heterocycles. The number of halogens is 2. The number of sulfonamides is 1. The van der Waals surface area contributed by atoms with Gasteiger partial charge in [0, 0.05) is 16.9 Å². The monoisotopic (exact) mass is 343 g/mol. The average molecular weight is 344 g/mol. The number of hydrogen-bond acceptors (Lipinski definition) is 2. The Morgan fingerprint density at radius 2 is 1.62 bits per heavy atom. The van der Waals surface area contributed by atoms with Crippen LogP contribution < -0.4 is 4.72 Å². The Hall–Kier alpha value is -1.07. The average Bonchev–Trinajstić information content (AvgIpc) is 2.48. The Kier molecular flexibility index (Phi) is 5.65. The number of alkyl halides is 1. The predicted octanol–water partition coefficient (Wildman–Crippen LogP) is 3.99. The summed E-state index contributed by atoms with van der Waals surface area (Å²) in [5.41, 5.74) is 0.885. The van der Waals surface area contributed by atoms with E-state index in [9.17, 15) is 8.42 Å². The van der Waals surface area contributed by atoms with Crippen LogP contribution in [0.5, 0.6) is 0 Å². The highest BCUT2D eigenvalue weighted by Gasteiger charge is 2.20. The quantitative estimate of drug-likeness (QED) is 0.806. The SMILES string of the molecule is O=S(=O)(N[C@H](CCCl)c1ccccc1)c1ccc(Cl)cc1. The molecule has 0 radical (unpaired) electrons. The standard InChI is InChI=1S/C15H15Cl2NO2S/c16-11-10-15(12-4-2-1-3-5-12)18-21(19,20)14-8-6-13(17)7-9-14/h1-9,15,18H,10-11H2/t15-/m1/s1. The van der Waals surface area contributed by atoms with E-state index in [0.717, 1.165) is 5.56 Å². The Bertz CT molecular complexity index is 673. The van der Waals surface area contributed by atoms with Crippen molar-refractivity contribution in [1.29, 1.82) is 0 Å². The zero-order chi connectivity index (χ0) is 15.3. The molecular weight excluding hydrogens is 329 g/mol. The van der Waals surface area contributed by atoms with Crippen molar-refractivity contribution >= 4 is 33.2 Å². The molecule has 1 N–H and O–H groups in total. The van der Waals surface area contributed by atoms with E-state index in [1.54, 1.807) is 12.1 Å².